The molecule has 3 heterocycles. The molecule has 2 saturated heterocycles. The average molecular weight is 653 g/mol. The molecular weight excluding hydrogens is 614 g/mol. The second kappa shape index (κ2) is 13.2. The van der Waals surface area contributed by atoms with Crippen LogP contribution in [0.2, 0.25) is 0 Å². The van der Waals surface area contributed by atoms with E-state index >= 15 is 4.39 Å². The number of hydrogen-bond acceptors (Lipinski definition) is 7. The minimum absolute atomic E-state index is 0.0710. The number of carbonyl (C=O) groups is 1. The topological polar surface area (TPSA) is 120 Å². The van der Waals surface area contributed by atoms with Crippen LogP contribution in [-0.2, 0) is 11.2 Å². The summed E-state index contributed by atoms with van der Waals surface area (Å²) in [4.78, 5) is 17.5. The number of amides is 1. The number of fused-ring (bicyclic) bond motifs is 1. The van der Waals surface area contributed by atoms with Gasteiger partial charge in [0.05, 0.1) is 22.3 Å². The molecule has 9 nitrogen and oxygen atoms in total. The van der Waals surface area contributed by atoms with E-state index in [-0.39, 0.29) is 18.2 Å². The number of aromatic amines is 1. The van der Waals surface area contributed by atoms with Gasteiger partial charge in [-0.1, -0.05) is 18.2 Å². The lowest BCUT2D eigenvalue weighted by Gasteiger charge is -2.36. The van der Waals surface area contributed by atoms with Gasteiger partial charge < -0.3 is 30.7 Å². The number of nitrogens with two attached hydrogens (primary N) is 1. The van der Waals surface area contributed by atoms with Crippen molar-refractivity contribution in [3.05, 3.63) is 95.1 Å². The highest BCUT2D eigenvalue weighted by Crippen LogP contribution is 2.44. The van der Waals surface area contributed by atoms with Gasteiger partial charge in [-0.2, -0.15) is 5.10 Å². The molecule has 2 aliphatic rings. The molecule has 11 heteroatoms. The molecular formula is C37H38F2N6O3. The van der Waals surface area contributed by atoms with Gasteiger partial charge in [0.2, 0.25) is 0 Å². The van der Waals surface area contributed by atoms with Crippen molar-refractivity contribution in [2.24, 2.45) is 5.73 Å². The van der Waals surface area contributed by atoms with Gasteiger partial charge in [-0.05, 0) is 84.6 Å². The highest BCUT2D eigenvalue weighted by atomic mass is 19.1. The molecule has 7 rings (SSSR count). The number of ether oxygens (including phenoxy) is 1. The van der Waals surface area contributed by atoms with Gasteiger partial charge in [0, 0.05) is 69.0 Å². The highest BCUT2D eigenvalue weighted by molar-refractivity contribution is 6.09. The summed E-state index contributed by atoms with van der Waals surface area (Å²) in [6.45, 7) is 4.57. The summed E-state index contributed by atoms with van der Waals surface area (Å²) in [7, 11) is 2.10. The van der Waals surface area contributed by atoms with Crippen LogP contribution >= 0.6 is 0 Å². The zero-order valence-electron chi connectivity index (χ0n) is 26.7. The van der Waals surface area contributed by atoms with Gasteiger partial charge in [-0.25, -0.2) is 8.78 Å². The molecule has 0 saturated carbocycles. The second-order valence-corrected chi connectivity index (χ2v) is 12.7. The number of anilines is 2. The summed E-state index contributed by atoms with van der Waals surface area (Å²) < 4.78 is 34.5. The Bertz CT molecular complexity index is 1960. The number of aromatic nitrogens is 2. The first kappa shape index (κ1) is 31.6. The van der Waals surface area contributed by atoms with Crippen molar-refractivity contribution in [3.63, 3.8) is 0 Å². The molecule has 0 bridgehead atoms. The third kappa shape index (κ3) is 6.31. The summed E-state index contributed by atoms with van der Waals surface area (Å²) in [5, 5.41) is 22.5. The van der Waals surface area contributed by atoms with Crippen LogP contribution in [0.1, 0.15) is 34.3 Å². The fourth-order valence-electron chi connectivity index (χ4n) is 6.77. The molecule has 2 aliphatic heterocycles. The first-order valence-electron chi connectivity index (χ1n) is 16.2. The number of nitrogens with zero attached hydrogens (tertiary/aromatic N) is 3. The maximum Gasteiger partial charge on any atom is 0.250 e. The second-order valence-electron chi connectivity index (χ2n) is 12.7. The van der Waals surface area contributed by atoms with Crippen LogP contribution in [0.3, 0.4) is 0 Å². The van der Waals surface area contributed by atoms with Crippen molar-refractivity contribution in [1.82, 2.24) is 15.1 Å². The van der Waals surface area contributed by atoms with Crippen molar-refractivity contribution < 1.29 is 23.4 Å². The Morgan fingerprint density at radius 2 is 1.75 bits per heavy atom. The lowest BCUT2D eigenvalue weighted by molar-refractivity contribution is 0.0904. The molecule has 48 heavy (non-hydrogen) atoms. The van der Waals surface area contributed by atoms with Crippen LogP contribution < -0.4 is 16.0 Å². The first-order chi connectivity index (χ1) is 23.2. The maximum absolute atomic E-state index is 15.0. The standard InChI is InChI=1S/C37H38F2N6O3/c1-44-12-14-45(15-13-44)33-9-8-28(37(40)47)35(41-26-10-16-48-17-11-26)34(33)36-30-19-24(18-23-2-5-25(38)20-31(23)39)29(21-32(30)42-43-36)22-3-6-27(46)7-4-22/h2-9,19-21,26,41,46H,10-18H2,1H3,(H2,40,47)(H,42,43). The largest absolute Gasteiger partial charge is 0.508 e. The van der Waals surface area contributed by atoms with Crippen LogP contribution in [0.15, 0.2) is 66.7 Å². The number of halogens is 2. The van der Waals surface area contributed by atoms with Gasteiger partial charge in [-0.3, -0.25) is 9.89 Å². The van der Waals surface area contributed by atoms with Crippen LogP contribution in [0.5, 0.6) is 5.75 Å². The smallest absolute Gasteiger partial charge is 0.250 e. The zero-order chi connectivity index (χ0) is 33.4. The average Bonchev–Trinajstić information content (AvgIpc) is 3.49. The van der Waals surface area contributed by atoms with Gasteiger partial charge in [-0.15, -0.1) is 0 Å². The highest BCUT2D eigenvalue weighted by Gasteiger charge is 2.28. The number of H-pyrrole nitrogens is 1. The summed E-state index contributed by atoms with van der Waals surface area (Å²) in [6, 6.07) is 18.2. The van der Waals surface area contributed by atoms with E-state index in [1.54, 1.807) is 30.3 Å². The van der Waals surface area contributed by atoms with Gasteiger partial charge in [0.1, 0.15) is 23.1 Å². The molecule has 5 N–H and O–H groups in total. The lowest BCUT2D eigenvalue weighted by Crippen LogP contribution is -2.44. The summed E-state index contributed by atoms with van der Waals surface area (Å²) >= 11 is 0. The molecule has 5 aromatic rings. The van der Waals surface area contributed by atoms with E-state index in [2.05, 4.69) is 27.3 Å². The molecule has 0 atom stereocenters. The number of piperazine rings is 1. The normalized spacial score (nSPS) is 16.0. The number of phenols is 1. The first-order valence-corrected chi connectivity index (χ1v) is 16.2. The number of likely N-dealkylation sites (N-methyl/N-ethyl adjacent to an activating group) is 1. The van der Waals surface area contributed by atoms with Crippen molar-refractivity contribution in [3.8, 4) is 28.1 Å². The number of nitrogens with one attached hydrogen (secondary N) is 2. The molecule has 0 aliphatic carbocycles. The third-order valence-corrected chi connectivity index (χ3v) is 9.46. The fraction of sp³-hybridized carbons (Fsp3) is 0.297. The summed E-state index contributed by atoms with van der Waals surface area (Å²) in [5.41, 5.74) is 12.8. The Labute approximate surface area is 277 Å². The number of carbonyl (C=O) groups excluding carboxylic acids is 1. The Morgan fingerprint density at radius 3 is 2.46 bits per heavy atom. The SMILES string of the molecule is CN1CCN(c2ccc(C(N)=O)c(NC3CCOCC3)c2-c2n[nH]c3cc(-c4ccc(O)cc4)c(Cc4ccc(F)cc4F)cc23)CC1. The molecule has 0 spiro atoms. The van der Waals surface area contributed by atoms with E-state index < -0.39 is 17.5 Å². The fourth-order valence-corrected chi connectivity index (χ4v) is 6.77. The van der Waals surface area contributed by atoms with E-state index in [1.165, 1.54) is 12.1 Å². The van der Waals surface area contributed by atoms with Crippen molar-refractivity contribution in [1.29, 1.82) is 0 Å². The van der Waals surface area contributed by atoms with Gasteiger partial charge in [0.25, 0.3) is 5.91 Å². The van der Waals surface area contributed by atoms with Crippen LogP contribution in [0, 0.1) is 11.6 Å². The predicted octanol–water partition coefficient (Wildman–Crippen LogP) is 5.91. The molecule has 248 valence electrons. The minimum atomic E-state index is -0.641. The number of phenolic OH excluding ortho intramolecular Hbond substituents is 1. The van der Waals surface area contributed by atoms with Crippen LogP contribution in [0.25, 0.3) is 33.3 Å². The Balaban J connectivity index is 1.45. The van der Waals surface area contributed by atoms with E-state index in [9.17, 15) is 14.3 Å². The molecule has 4 aromatic carbocycles. The predicted molar refractivity (Wildman–Crippen MR) is 183 cm³/mol. The summed E-state index contributed by atoms with van der Waals surface area (Å²) in [5.74, 6) is -1.69. The van der Waals surface area contributed by atoms with Crippen LogP contribution in [-0.4, -0.2) is 78.6 Å². The molecule has 2 fully saturated rings. The van der Waals surface area contributed by atoms with E-state index in [1.807, 2.05) is 18.2 Å². The minimum Gasteiger partial charge on any atom is -0.508 e. The Kier molecular flexibility index (Phi) is 8.72. The zero-order valence-corrected chi connectivity index (χ0v) is 26.7. The van der Waals surface area contributed by atoms with Crippen molar-refractivity contribution in [2.75, 3.05) is 56.7 Å². The quantitative estimate of drug-likeness (QED) is 0.165. The van der Waals surface area contributed by atoms with Crippen molar-refractivity contribution >= 4 is 28.2 Å². The van der Waals surface area contributed by atoms with E-state index in [4.69, 9.17) is 15.6 Å². The van der Waals surface area contributed by atoms with Gasteiger partial charge in [0.15, 0.2) is 0 Å². The maximum atomic E-state index is 15.0. The van der Waals surface area contributed by atoms with E-state index in [0.717, 1.165) is 83.9 Å². The number of benzene rings is 4. The van der Waals surface area contributed by atoms with Gasteiger partial charge >= 0.3 is 0 Å². The number of aromatic hydroxyl groups is 1. The lowest BCUT2D eigenvalue weighted by atomic mass is 9.91. The Morgan fingerprint density at radius 1 is 1.00 bits per heavy atom. The van der Waals surface area contributed by atoms with E-state index in [0.29, 0.717) is 35.7 Å². The number of primary amides is 1. The third-order valence-electron chi connectivity index (χ3n) is 9.46. The molecule has 1 aromatic heterocycles. The monoisotopic (exact) mass is 652 g/mol. The number of rotatable bonds is 8. The summed E-state index contributed by atoms with van der Waals surface area (Å²) in [6.07, 6.45) is 1.74. The number of hydrogen-bond donors (Lipinski definition) is 4. The molecule has 1 amide bonds. The molecule has 0 unspecified atom stereocenters. The Hall–Kier alpha value is -5.00. The van der Waals surface area contributed by atoms with Crippen molar-refractivity contribution in [2.45, 2.75) is 25.3 Å². The molecule has 0 radical (unpaired) electrons. The van der Waals surface area contributed by atoms with Crippen LogP contribution in [0.4, 0.5) is 20.2 Å².